The molecular weight excluding hydrogens is 310 g/mol. The van der Waals surface area contributed by atoms with Crippen LogP contribution in [0.25, 0.3) is 0 Å². The van der Waals surface area contributed by atoms with Crippen LogP contribution < -0.4 is 10.5 Å². The van der Waals surface area contributed by atoms with E-state index in [2.05, 4.69) is 10.00 Å². The Morgan fingerprint density at radius 2 is 1.96 bits per heavy atom. The lowest BCUT2D eigenvalue weighted by molar-refractivity contribution is -0.139. The Hall–Kier alpha value is -2.38. The first-order valence-corrected chi connectivity index (χ1v) is 8.31. The highest BCUT2D eigenvalue weighted by Gasteiger charge is 2.31. The molecule has 0 bridgehead atoms. The van der Waals surface area contributed by atoms with Crippen molar-refractivity contribution in [1.29, 1.82) is 0 Å². The van der Waals surface area contributed by atoms with Gasteiger partial charge in [0.1, 0.15) is 0 Å². The van der Waals surface area contributed by atoms with Crippen LogP contribution in [-0.4, -0.2) is 70.2 Å². The van der Waals surface area contributed by atoms with E-state index in [1.807, 2.05) is 6.92 Å². The van der Waals surface area contributed by atoms with E-state index < -0.39 is 0 Å². The van der Waals surface area contributed by atoms with Gasteiger partial charge in [-0.1, -0.05) is 0 Å². The number of hydrogen-bond acceptors (Lipinski definition) is 5. The molecular formula is C16H23N5O3. The van der Waals surface area contributed by atoms with E-state index in [9.17, 15) is 14.4 Å². The zero-order valence-corrected chi connectivity index (χ0v) is 14.1. The maximum Gasteiger partial charge on any atom is 0.268 e. The van der Waals surface area contributed by atoms with Crippen LogP contribution in [0.2, 0.25) is 0 Å². The van der Waals surface area contributed by atoms with Gasteiger partial charge in [-0.25, -0.2) is 4.68 Å². The molecule has 2 amide bonds. The third kappa shape index (κ3) is 3.27. The van der Waals surface area contributed by atoms with E-state index in [4.69, 9.17) is 0 Å². The third-order valence-corrected chi connectivity index (χ3v) is 4.89. The average molecular weight is 333 g/mol. The van der Waals surface area contributed by atoms with Gasteiger partial charge in [0.15, 0.2) is 0 Å². The van der Waals surface area contributed by atoms with Crippen LogP contribution in [0.3, 0.4) is 0 Å². The molecule has 0 aromatic carbocycles. The van der Waals surface area contributed by atoms with Gasteiger partial charge in [0.25, 0.3) is 5.56 Å². The van der Waals surface area contributed by atoms with Crippen molar-refractivity contribution in [2.75, 3.05) is 37.6 Å². The molecule has 2 saturated heterocycles. The van der Waals surface area contributed by atoms with Crippen molar-refractivity contribution >= 4 is 17.5 Å². The van der Waals surface area contributed by atoms with Crippen LogP contribution >= 0.6 is 0 Å². The van der Waals surface area contributed by atoms with E-state index in [1.165, 1.54) is 4.68 Å². The summed E-state index contributed by atoms with van der Waals surface area (Å²) in [5, 5.41) is 4.03. The molecule has 0 aliphatic carbocycles. The van der Waals surface area contributed by atoms with Gasteiger partial charge < -0.3 is 14.7 Å². The summed E-state index contributed by atoms with van der Waals surface area (Å²) in [6, 6.07) is 1.71. The Balaban J connectivity index is 1.56. The second kappa shape index (κ2) is 6.62. The number of nitrogens with zero attached hydrogens (tertiary/aromatic N) is 5. The Morgan fingerprint density at radius 1 is 1.25 bits per heavy atom. The molecule has 130 valence electrons. The van der Waals surface area contributed by atoms with E-state index >= 15 is 0 Å². The monoisotopic (exact) mass is 333 g/mol. The summed E-state index contributed by atoms with van der Waals surface area (Å²) in [7, 11) is 1.61. The largest absolute Gasteiger partial charge is 0.367 e. The summed E-state index contributed by atoms with van der Waals surface area (Å²) < 4.78 is 1.29. The summed E-state index contributed by atoms with van der Waals surface area (Å²) in [4.78, 5) is 41.5. The van der Waals surface area contributed by atoms with Crippen molar-refractivity contribution in [3.05, 3.63) is 22.6 Å². The highest BCUT2D eigenvalue weighted by Crippen LogP contribution is 2.18. The lowest BCUT2D eigenvalue weighted by Crippen LogP contribution is -2.52. The smallest absolute Gasteiger partial charge is 0.268 e. The number of hydrogen-bond donors (Lipinski definition) is 0. The molecule has 8 heteroatoms. The Kier molecular flexibility index (Phi) is 4.55. The van der Waals surface area contributed by atoms with E-state index in [-0.39, 0.29) is 30.0 Å². The Labute approximate surface area is 140 Å². The van der Waals surface area contributed by atoms with Crippen LogP contribution in [0.4, 0.5) is 5.69 Å². The number of amides is 2. The highest BCUT2D eigenvalue weighted by molar-refractivity contribution is 5.86. The molecule has 1 atom stereocenters. The van der Waals surface area contributed by atoms with Gasteiger partial charge in [-0.3, -0.25) is 14.4 Å². The zero-order chi connectivity index (χ0) is 17.3. The van der Waals surface area contributed by atoms with Crippen LogP contribution in [0, 0.1) is 0 Å². The van der Waals surface area contributed by atoms with Gasteiger partial charge >= 0.3 is 0 Å². The SMILES string of the molecule is C[C@H]1CCC(=O)N1CC(=O)N1CCN(c2cnn(C)c(=O)c2)CC1. The number of aryl methyl sites for hydroxylation is 1. The predicted molar refractivity (Wildman–Crippen MR) is 88.7 cm³/mol. The number of carbonyl (C=O) groups is 2. The standard InChI is InChI=1S/C16H23N5O3/c1-12-3-4-14(22)21(12)11-16(24)20-7-5-19(6-8-20)13-9-15(23)18(2)17-10-13/h9-10,12H,3-8,11H2,1-2H3/t12-/m0/s1. The molecule has 2 aliphatic rings. The second-order valence-electron chi connectivity index (χ2n) is 6.45. The number of carbonyl (C=O) groups excluding carboxylic acids is 2. The molecule has 1 aromatic heterocycles. The summed E-state index contributed by atoms with van der Waals surface area (Å²) in [5.41, 5.74) is 0.640. The number of anilines is 1. The maximum atomic E-state index is 12.4. The quantitative estimate of drug-likeness (QED) is 0.741. The summed E-state index contributed by atoms with van der Waals surface area (Å²) in [5.74, 6) is 0.0690. The van der Waals surface area contributed by atoms with E-state index in [0.717, 1.165) is 12.1 Å². The molecule has 0 unspecified atom stereocenters. The molecule has 3 rings (SSSR count). The molecule has 2 fully saturated rings. The highest BCUT2D eigenvalue weighted by atomic mass is 16.2. The Morgan fingerprint density at radius 3 is 2.54 bits per heavy atom. The van der Waals surface area contributed by atoms with Crippen LogP contribution in [0.15, 0.2) is 17.1 Å². The fourth-order valence-corrected chi connectivity index (χ4v) is 3.21. The minimum Gasteiger partial charge on any atom is -0.367 e. The van der Waals surface area contributed by atoms with Crippen molar-refractivity contribution in [3.63, 3.8) is 0 Å². The summed E-state index contributed by atoms with van der Waals surface area (Å²) in [6.45, 7) is 4.65. The zero-order valence-electron chi connectivity index (χ0n) is 14.1. The minimum absolute atomic E-state index is 0.00106. The molecule has 0 saturated carbocycles. The maximum absolute atomic E-state index is 12.4. The topological polar surface area (TPSA) is 78.8 Å². The van der Waals surface area contributed by atoms with Crippen molar-refractivity contribution in [3.8, 4) is 0 Å². The third-order valence-electron chi connectivity index (χ3n) is 4.89. The van der Waals surface area contributed by atoms with Gasteiger partial charge in [-0.15, -0.1) is 0 Å². The molecule has 2 aliphatic heterocycles. The normalized spacial score (nSPS) is 21.5. The molecule has 1 aromatic rings. The van der Waals surface area contributed by atoms with Gasteiger partial charge in [-0.05, 0) is 13.3 Å². The van der Waals surface area contributed by atoms with Gasteiger partial charge in [0.2, 0.25) is 11.8 Å². The van der Waals surface area contributed by atoms with Gasteiger partial charge in [0.05, 0.1) is 18.4 Å². The summed E-state index contributed by atoms with van der Waals surface area (Å²) >= 11 is 0. The van der Waals surface area contributed by atoms with Crippen LogP contribution in [0.1, 0.15) is 19.8 Å². The van der Waals surface area contributed by atoms with E-state index in [1.54, 1.807) is 29.1 Å². The molecule has 8 nitrogen and oxygen atoms in total. The first-order valence-electron chi connectivity index (χ1n) is 8.31. The fraction of sp³-hybridized carbons (Fsp3) is 0.625. The lowest BCUT2D eigenvalue weighted by atomic mass is 10.2. The van der Waals surface area contributed by atoms with Crippen molar-refractivity contribution in [2.45, 2.75) is 25.8 Å². The summed E-state index contributed by atoms with van der Waals surface area (Å²) in [6.07, 6.45) is 3.04. The fourth-order valence-electron chi connectivity index (χ4n) is 3.21. The minimum atomic E-state index is -0.146. The van der Waals surface area contributed by atoms with Crippen LogP contribution in [0.5, 0.6) is 0 Å². The second-order valence-corrected chi connectivity index (χ2v) is 6.45. The van der Waals surface area contributed by atoms with Crippen molar-refractivity contribution < 1.29 is 9.59 Å². The van der Waals surface area contributed by atoms with Gasteiger partial charge in [-0.2, -0.15) is 5.10 Å². The number of rotatable bonds is 3. The molecule has 0 N–H and O–H groups in total. The first-order chi connectivity index (χ1) is 11.5. The predicted octanol–water partition coefficient (Wildman–Crippen LogP) is -0.560. The van der Waals surface area contributed by atoms with Crippen LogP contribution in [-0.2, 0) is 16.6 Å². The lowest BCUT2D eigenvalue weighted by Gasteiger charge is -2.36. The van der Waals surface area contributed by atoms with Crippen molar-refractivity contribution in [1.82, 2.24) is 19.6 Å². The first kappa shape index (κ1) is 16.5. The molecule has 3 heterocycles. The van der Waals surface area contributed by atoms with Gasteiger partial charge in [0, 0.05) is 51.8 Å². The van der Waals surface area contributed by atoms with E-state index in [0.29, 0.717) is 32.6 Å². The number of piperazine rings is 1. The molecule has 0 spiro atoms. The number of aromatic nitrogens is 2. The average Bonchev–Trinajstić information content (AvgIpc) is 2.89. The number of likely N-dealkylation sites (tertiary alicyclic amines) is 1. The molecule has 0 radical (unpaired) electrons. The van der Waals surface area contributed by atoms with Crippen molar-refractivity contribution in [2.24, 2.45) is 7.05 Å². The Bertz CT molecular complexity index is 693. The molecule has 24 heavy (non-hydrogen) atoms.